The number of benzene rings is 2. The van der Waals surface area contributed by atoms with Gasteiger partial charge in [-0.25, -0.2) is 8.78 Å². The number of halogens is 2. The molecule has 3 heteroatoms. The highest BCUT2D eigenvalue weighted by Gasteiger charge is 2.12. The van der Waals surface area contributed by atoms with Crippen molar-refractivity contribution in [1.82, 2.24) is 5.32 Å². The molecule has 1 unspecified atom stereocenters. The van der Waals surface area contributed by atoms with Gasteiger partial charge in [-0.1, -0.05) is 29.8 Å². The molecule has 0 amide bonds. The summed E-state index contributed by atoms with van der Waals surface area (Å²) in [6.07, 6.45) is 0.337. The van der Waals surface area contributed by atoms with Crippen molar-refractivity contribution in [2.75, 3.05) is 0 Å². The van der Waals surface area contributed by atoms with Crippen LogP contribution in [0.15, 0.2) is 36.4 Å². The summed E-state index contributed by atoms with van der Waals surface area (Å²) in [6.45, 7) is 6.76. The second-order valence-corrected chi connectivity index (χ2v) is 5.62. The van der Waals surface area contributed by atoms with Gasteiger partial charge < -0.3 is 5.32 Å². The summed E-state index contributed by atoms with van der Waals surface area (Å²) >= 11 is 0. The minimum Gasteiger partial charge on any atom is -0.310 e. The fourth-order valence-corrected chi connectivity index (χ4v) is 2.38. The first-order valence-electron chi connectivity index (χ1n) is 7.19. The number of hydrogen-bond acceptors (Lipinski definition) is 1. The van der Waals surface area contributed by atoms with E-state index in [4.69, 9.17) is 0 Å². The van der Waals surface area contributed by atoms with Gasteiger partial charge in [-0.2, -0.15) is 0 Å². The smallest absolute Gasteiger partial charge is 0.129 e. The lowest BCUT2D eigenvalue weighted by Crippen LogP contribution is -2.28. The van der Waals surface area contributed by atoms with Gasteiger partial charge in [-0.05, 0) is 50.5 Å². The minimum absolute atomic E-state index is 0.00341. The van der Waals surface area contributed by atoms with Gasteiger partial charge in [0.2, 0.25) is 0 Å². The molecule has 0 saturated carbocycles. The van der Waals surface area contributed by atoms with Crippen LogP contribution in [0.2, 0.25) is 0 Å². The predicted octanol–water partition coefficient (Wildman–Crippen LogP) is 4.30. The first-order valence-corrected chi connectivity index (χ1v) is 7.19. The van der Waals surface area contributed by atoms with Gasteiger partial charge >= 0.3 is 0 Å². The summed E-state index contributed by atoms with van der Waals surface area (Å²) in [7, 11) is 0. The fraction of sp³-hybridized carbons (Fsp3) is 0.333. The number of rotatable bonds is 5. The highest BCUT2D eigenvalue weighted by atomic mass is 19.1. The monoisotopic (exact) mass is 289 g/mol. The van der Waals surface area contributed by atoms with Crippen LogP contribution in [0.5, 0.6) is 0 Å². The summed E-state index contributed by atoms with van der Waals surface area (Å²) in [4.78, 5) is 0. The van der Waals surface area contributed by atoms with Gasteiger partial charge in [0, 0.05) is 18.2 Å². The summed E-state index contributed by atoms with van der Waals surface area (Å²) in [6, 6.07) is 10.3. The van der Waals surface area contributed by atoms with E-state index in [2.05, 4.69) is 37.4 Å². The molecule has 0 saturated heterocycles. The van der Waals surface area contributed by atoms with Crippen molar-refractivity contribution in [2.45, 2.75) is 39.8 Å². The Balaban J connectivity index is 1.99. The first-order chi connectivity index (χ1) is 9.97. The first kappa shape index (κ1) is 15.6. The van der Waals surface area contributed by atoms with E-state index in [1.807, 2.05) is 6.92 Å². The molecular formula is C18H21F2N. The Bertz CT molecular complexity index is 602. The Morgan fingerprint density at radius 2 is 1.71 bits per heavy atom. The maximum absolute atomic E-state index is 13.6. The van der Waals surface area contributed by atoms with Crippen LogP contribution in [-0.2, 0) is 13.0 Å². The van der Waals surface area contributed by atoms with Crippen LogP contribution in [0, 0.1) is 25.5 Å². The van der Waals surface area contributed by atoms with E-state index in [1.54, 1.807) is 0 Å². The fourth-order valence-electron chi connectivity index (χ4n) is 2.38. The molecule has 0 radical (unpaired) electrons. The average Bonchev–Trinajstić information content (AvgIpc) is 2.44. The second-order valence-electron chi connectivity index (χ2n) is 5.62. The van der Waals surface area contributed by atoms with Crippen LogP contribution in [0.3, 0.4) is 0 Å². The molecule has 112 valence electrons. The van der Waals surface area contributed by atoms with Gasteiger partial charge in [-0.15, -0.1) is 0 Å². The van der Waals surface area contributed by atoms with E-state index < -0.39 is 11.6 Å². The maximum Gasteiger partial charge on any atom is 0.129 e. The molecule has 0 fully saturated rings. The summed E-state index contributed by atoms with van der Waals surface area (Å²) in [5.74, 6) is -0.953. The van der Waals surface area contributed by atoms with Crippen LogP contribution in [0.25, 0.3) is 0 Å². The van der Waals surface area contributed by atoms with Gasteiger partial charge in [0.25, 0.3) is 0 Å². The van der Waals surface area contributed by atoms with Crippen LogP contribution < -0.4 is 5.32 Å². The molecule has 2 aromatic carbocycles. The van der Waals surface area contributed by atoms with Gasteiger partial charge in [0.1, 0.15) is 11.6 Å². The third-order valence-electron chi connectivity index (χ3n) is 3.72. The van der Waals surface area contributed by atoms with Crippen molar-refractivity contribution in [1.29, 1.82) is 0 Å². The quantitative estimate of drug-likeness (QED) is 0.865. The number of nitrogens with one attached hydrogen (secondary N) is 1. The maximum atomic E-state index is 13.6. The molecule has 0 aliphatic heterocycles. The Labute approximate surface area is 125 Å². The molecule has 1 atom stereocenters. The van der Waals surface area contributed by atoms with Crippen molar-refractivity contribution >= 4 is 0 Å². The average molecular weight is 289 g/mol. The van der Waals surface area contributed by atoms with Gasteiger partial charge in [-0.3, -0.25) is 0 Å². The van der Waals surface area contributed by atoms with Gasteiger partial charge in [0.15, 0.2) is 0 Å². The Morgan fingerprint density at radius 1 is 1.05 bits per heavy atom. The summed E-state index contributed by atoms with van der Waals surface area (Å²) in [5.41, 5.74) is 3.80. The number of aryl methyl sites for hydroxylation is 2. The van der Waals surface area contributed by atoms with Crippen molar-refractivity contribution in [2.24, 2.45) is 0 Å². The lowest BCUT2D eigenvalue weighted by molar-refractivity contribution is 0.499. The summed E-state index contributed by atoms with van der Waals surface area (Å²) < 4.78 is 27.2. The molecular weight excluding hydrogens is 268 g/mol. The Morgan fingerprint density at radius 3 is 2.38 bits per heavy atom. The zero-order chi connectivity index (χ0) is 15.4. The van der Waals surface area contributed by atoms with E-state index in [-0.39, 0.29) is 11.6 Å². The predicted molar refractivity (Wildman–Crippen MR) is 82.3 cm³/mol. The van der Waals surface area contributed by atoms with E-state index in [1.165, 1.54) is 34.9 Å². The lowest BCUT2D eigenvalue weighted by Gasteiger charge is -2.16. The van der Waals surface area contributed by atoms with Crippen molar-refractivity contribution in [3.63, 3.8) is 0 Å². The second kappa shape index (κ2) is 6.81. The van der Waals surface area contributed by atoms with E-state index in [9.17, 15) is 8.78 Å². The van der Waals surface area contributed by atoms with Crippen molar-refractivity contribution in [3.8, 4) is 0 Å². The zero-order valence-corrected chi connectivity index (χ0v) is 12.7. The van der Waals surface area contributed by atoms with Crippen molar-refractivity contribution < 1.29 is 8.78 Å². The van der Waals surface area contributed by atoms with E-state index >= 15 is 0 Å². The Kier molecular flexibility index (Phi) is 5.07. The normalized spacial score (nSPS) is 12.4. The SMILES string of the molecule is Cc1ccc(C)c(CNC(C)Cc2c(F)cccc2F)c1. The molecule has 2 rings (SSSR count). The molecule has 0 aliphatic rings. The summed E-state index contributed by atoms with van der Waals surface area (Å²) in [5, 5.41) is 3.34. The van der Waals surface area contributed by atoms with Crippen molar-refractivity contribution in [3.05, 3.63) is 70.3 Å². The minimum atomic E-state index is -0.476. The third-order valence-corrected chi connectivity index (χ3v) is 3.72. The standard InChI is InChI=1S/C18H21F2N/c1-12-7-8-13(2)15(9-12)11-21-14(3)10-16-17(19)5-4-6-18(16)20/h4-9,14,21H,10-11H2,1-3H3. The molecule has 0 heterocycles. The molecule has 21 heavy (non-hydrogen) atoms. The molecule has 0 spiro atoms. The zero-order valence-electron chi connectivity index (χ0n) is 12.7. The molecule has 1 nitrogen and oxygen atoms in total. The Hall–Kier alpha value is -1.74. The molecule has 1 N–H and O–H groups in total. The molecule has 0 aliphatic carbocycles. The topological polar surface area (TPSA) is 12.0 Å². The highest BCUT2D eigenvalue weighted by Crippen LogP contribution is 2.15. The van der Waals surface area contributed by atoms with E-state index in [0.29, 0.717) is 13.0 Å². The van der Waals surface area contributed by atoms with Crippen LogP contribution >= 0.6 is 0 Å². The molecule has 0 bridgehead atoms. The van der Waals surface area contributed by atoms with E-state index in [0.717, 1.165) is 0 Å². The third kappa shape index (κ3) is 4.11. The largest absolute Gasteiger partial charge is 0.310 e. The molecule has 2 aromatic rings. The van der Waals surface area contributed by atoms with Crippen LogP contribution in [0.1, 0.15) is 29.2 Å². The molecule has 0 aromatic heterocycles. The van der Waals surface area contributed by atoms with Crippen LogP contribution in [0.4, 0.5) is 8.78 Å². The van der Waals surface area contributed by atoms with Gasteiger partial charge in [0.05, 0.1) is 0 Å². The lowest BCUT2D eigenvalue weighted by atomic mass is 10.0. The highest BCUT2D eigenvalue weighted by molar-refractivity contribution is 5.30. The van der Waals surface area contributed by atoms with Crippen LogP contribution in [-0.4, -0.2) is 6.04 Å². The number of hydrogen-bond donors (Lipinski definition) is 1.